The van der Waals surface area contributed by atoms with E-state index in [1.54, 1.807) is 55.4 Å². The van der Waals surface area contributed by atoms with Gasteiger partial charge in [-0.3, -0.25) is 28.8 Å². The highest BCUT2D eigenvalue weighted by atomic mass is 16.5. The fourth-order valence-electron chi connectivity index (χ4n) is 4.41. The molecule has 4 N–H and O–H groups in total. The van der Waals surface area contributed by atoms with Crippen LogP contribution in [0.25, 0.3) is 0 Å². The average molecular weight is 609 g/mol. The maximum atomic E-state index is 14.0. The number of piperazine rings is 1. The normalized spacial score (nSPS) is 18.1. The summed E-state index contributed by atoms with van der Waals surface area (Å²) in [5, 5.41) is 10.5. The van der Waals surface area contributed by atoms with E-state index >= 15 is 0 Å². The fraction of sp³-hybridized carbons (Fsp3) is 0.690. The summed E-state index contributed by atoms with van der Waals surface area (Å²) < 4.78 is 4.77. The van der Waals surface area contributed by atoms with Crippen molar-refractivity contribution >= 4 is 41.4 Å². The third-order valence-corrected chi connectivity index (χ3v) is 6.18. The molecule has 1 heterocycles. The Morgan fingerprint density at radius 3 is 1.58 bits per heavy atom. The lowest BCUT2D eigenvalue weighted by Crippen LogP contribution is -2.68. The first kappa shape index (κ1) is 37.1. The van der Waals surface area contributed by atoms with Crippen LogP contribution in [0.15, 0.2) is 12.7 Å². The van der Waals surface area contributed by atoms with Gasteiger partial charge >= 0.3 is 5.97 Å². The van der Waals surface area contributed by atoms with Crippen molar-refractivity contribution in [2.45, 2.75) is 97.4 Å². The third-order valence-electron chi connectivity index (χ3n) is 6.18. The third kappa shape index (κ3) is 12.0. The zero-order valence-electron chi connectivity index (χ0n) is 26.8. The summed E-state index contributed by atoms with van der Waals surface area (Å²) in [5.41, 5.74) is -1.32. The molecule has 0 unspecified atom stereocenters. The summed E-state index contributed by atoms with van der Waals surface area (Å²) in [7, 11) is 1.17. The summed E-state index contributed by atoms with van der Waals surface area (Å²) in [6.07, 6.45) is 0.436. The van der Waals surface area contributed by atoms with E-state index < -0.39 is 96.5 Å². The highest BCUT2D eigenvalue weighted by Crippen LogP contribution is 2.24. The van der Waals surface area contributed by atoms with Gasteiger partial charge in [-0.05, 0) is 47.5 Å². The zero-order valence-corrected chi connectivity index (χ0v) is 26.8. The molecule has 14 nitrogen and oxygen atoms in total. The van der Waals surface area contributed by atoms with Crippen LogP contribution in [0, 0.1) is 5.92 Å². The van der Waals surface area contributed by atoms with Crippen LogP contribution in [0.3, 0.4) is 0 Å². The second-order valence-corrected chi connectivity index (χ2v) is 12.9. The van der Waals surface area contributed by atoms with Crippen LogP contribution < -0.4 is 21.3 Å². The van der Waals surface area contributed by atoms with Gasteiger partial charge in [0.05, 0.1) is 20.0 Å². The van der Waals surface area contributed by atoms with Gasteiger partial charge in [-0.15, -0.1) is 6.58 Å². The molecule has 14 heteroatoms. The van der Waals surface area contributed by atoms with Crippen molar-refractivity contribution in [1.29, 1.82) is 0 Å². The number of carbonyl (C=O) groups is 7. The highest BCUT2D eigenvalue weighted by molar-refractivity contribution is 6.04. The van der Waals surface area contributed by atoms with E-state index in [1.807, 2.05) is 0 Å². The topological polar surface area (TPSA) is 183 Å². The Morgan fingerprint density at radius 1 is 0.814 bits per heavy atom. The standard InChI is InChI=1S/C29H48N6O8/c1-11-12-30-22(38)15-34-18(13-20(36)32-28(4,5)6)26(41)35(16-23(39)31-24(17(2)3)27(42)43-10)19(25(34)40)14-21(37)33-29(7,8)9/h11,17-19,24H,1,12-16H2,2-10H3,(H,30,38)(H,31,39)(H,32,36)(H,33,37)/t18-,19-,24-/m0/s1. The van der Waals surface area contributed by atoms with E-state index in [2.05, 4.69) is 27.8 Å². The number of rotatable bonds is 13. The molecule has 1 fully saturated rings. The largest absolute Gasteiger partial charge is 0.467 e. The molecule has 0 aromatic carbocycles. The van der Waals surface area contributed by atoms with E-state index in [1.165, 1.54) is 13.2 Å². The second kappa shape index (κ2) is 15.5. The molecular formula is C29H48N6O8. The summed E-state index contributed by atoms with van der Waals surface area (Å²) in [6.45, 7) is 16.2. The number of esters is 1. The highest BCUT2D eigenvalue weighted by Gasteiger charge is 2.48. The van der Waals surface area contributed by atoms with Gasteiger partial charge in [0.1, 0.15) is 31.2 Å². The number of nitrogens with one attached hydrogen (secondary N) is 4. The molecule has 1 rings (SSSR count). The first-order valence-electron chi connectivity index (χ1n) is 14.2. The summed E-state index contributed by atoms with van der Waals surface area (Å²) in [4.78, 5) is 93.8. The Morgan fingerprint density at radius 2 is 1.23 bits per heavy atom. The first-order valence-corrected chi connectivity index (χ1v) is 14.2. The van der Waals surface area contributed by atoms with Gasteiger partial charge in [0, 0.05) is 17.6 Å². The molecule has 3 atom stereocenters. The molecule has 0 radical (unpaired) electrons. The minimum absolute atomic E-state index is 0.102. The molecular weight excluding hydrogens is 560 g/mol. The van der Waals surface area contributed by atoms with Gasteiger partial charge in [0.2, 0.25) is 35.4 Å². The van der Waals surface area contributed by atoms with E-state index in [0.29, 0.717) is 0 Å². The molecule has 43 heavy (non-hydrogen) atoms. The number of amides is 6. The van der Waals surface area contributed by atoms with Crippen molar-refractivity contribution in [3.63, 3.8) is 0 Å². The van der Waals surface area contributed by atoms with Crippen LogP contribution >= 0.6 is 0 Å². The predicted molar refractivity (Wildman–Crippen MR) is 158 cm³/mol. The van der Waals surface area contributed by atoms with Crippen molar-refractivity contribution in [2.24, 2.45) is 5.92 Å². The van der Waals surface area contributed by atoms with Crippen molar-refractivity contribution in [2.75, 3.05) is 26.7 Å². The molecule has 0 saturated carbocycles. The number of methoxy groups -OCH3 is 1. The Balaban J connectivity index is 3.55. The Labute approximate surface area is 253 Å². The molecule has 1 aliphatic rings. The van der Waals surface area contributed by atoms with E-state index in [0.717, 1.165) is 9.80 Å². The maximum absolute atomic E-state index is 14.0. The van der Waals surface area contributed by atoms with Crippen LogP contribution in [0.4, 0.5) is 0 Å². The van der Waals surface area contributed by atoms with Gasteiger partial charge in [-0.2, -0.15) is 0 Å². The Bertz CT molecular complexity index is 1090. The lowest BCUT2D eigenvalue weighted by Gasteiger charge is -2.44. The van der Waals surface area contributed by atoms with Crippen molar-refractivity contribution in [3.05, 3.63) is 12.7 Å². The molecule has 0 aromatic heterocycles. The summed E-state index contributed by atoms with van der Waals surface area (Å²) >= 11 is 0. The minimum atomic E-state index is -1.47. The van der Waals surface area contributed by atoms with Crippen molar-refractivity contribution < 1.29 is 38.3 Å². The summed E-state index contributed by atoms with van der Waals surface area (Å²) in [6, 6.07) is -3.94. The first-order chi connectivity index (χ1) is 19.7. The molecule has 1 saturated heterocycles. The molecule has 0 bridgehead atoms. The molecule has 6 amide bonds. The number of ether oxygens (including phenoxy) is 1. The van der Waals surface area contributed by atoms with Crippen LogP contribution in [0.2, 0.25) is 0 Å². The molecule has 242 valence electrons. The average Bonchev–Trinajstić information content (AvgIpc) is 2.85. The lowest BCUT2D eigenvalue weighted by molar-refractivity contribution is -0.166. The quantitative estimate of drug-likeness (QED) is 0.161. The van der Waals surface area contributed by atoms with Gasteiger partial charge < -0.3 is 35.8 Å². The van der Waals surface area contributed by atoms with Crippen LogP contribution in [0.5, 0.6) is 0 Å². The SMILES string of the molecule is C=CCNC(=O)CN1C(=O)[C@H](CC(=O)NC(C)(C)C)N(CC(=O)N[C@H](C(=O)OC)C(C)C)C(=O)[C@@H]1CC(=O)NC(C)(C)C. The van der Waals surface area contributed by atoms with Gasteiger partial charge in [0.25, 0.3) is 0 Å². The molecule has 0 spiro atoms. The molecule has 1 aliphatic heterocycles. The van der Waals surface area contributed by atoms with Crippen molar-refractivity contribution in [3.8, 4) is 0 Å². The second-order valence-electron chi connectivity index (χ2n) is 12.9. The van der Waals surface area contributed by atoms with Gasteiger partial charge in [-0.1, -0.05) is 19.9 Å². The Hall–Kier alpha value is -3.97. The smallest absolute Gasteiger partial charge is 0.328 e. The Kier molecular flexibility index (Phi) is 13.3. The predicted octanol–water partition coefficient (Wildman–Crippen LogP) is -0.380. The zero-order chi connectivity index (χ0) is 33.3. The summed E-state index contributed by atoms with van der Waals surface area (Å²) in [5.74, 6) is -5.16. The van der Waals surface area contributed by atoms with Crippen LogP contribution in [0.1, 0.15) is 68.2 Å². The van der Waals surface area contributed by atoms with Crippen molar-refractivity contribution in [1.82, 2.24) is 31.1 Å². The van der Waals surface area contributed by atoms with E-state index in [-0.39, 0.29) is 12.5 Å². The van der Waals surface area contributed by atoms with Gasteiger partial charge in [0.15, 0.2) is 0 Å². The monoisotopic (exact) mass is 608 g/mol. The number of nitrogens with zero attached hydrogens (tertiary/aromatic N) is 2. The molecule has 0 aromatic rings. The number of hydrogen-bond acceptors (Lipinski definition) is 8. The van der Waals surface area contributed by atoms with E-state index in [4.69, 9.17) is 4.74 Å². The van der Waals surface area contributed by atoms with Gasteiger partial charge in [-0.25, -0.2) is 4.79 Å². The van der Waals surface area contributed by atoms with Crippen LogP contribution in [-0.2, 0) is 38.3 Å². The maximum Gasteiger partial charge on any atom is 0.328 e. The van der Waals surface area contributed by atoms with E-state index in [9.17, 15) is 33.6 Å². The molecule has 0 aliphatic carbocycles. The fourth-order valence-corrected chi connectivity index (χ4v) is 4.41. The van der Waals surface area contributed by atoms with Crippen LogP contribution in [-0.4, -0.2) is 107 Å². The number of carbonyl (C=O) groups excluding carboxylic acids is 7. The lowest BCUT2D eigenvalue weighted by atomic mass is 9.97. The minimum Gasteiger partial charge on any atom is -0.467 e. The number of hydrogen-bond donors (Lipinski definition) is 4.